The lowest BCUT2D eigenvalue weighted by Crippen LogP contribution is -2.21. The smallest absolute Gasteiger partial charge is 0.343 e. The highest BCUT2D eigenvalue weighted by molar-refractivity contribution is 9.10. The zero-order chi connectivity index (χ0) is 22.7. The maximum atomic E-state index is 12.6. The third-order valence-electron chi connectivity index (χ3n) is 5.02. The van der Waals surface area contributed by atoms with Crippen molar-refractivity contribution in [2.75, 3.05) is 6.61 Å². The normalized spacial score (nSPS) is 14.7. The molecule has 32 heavy (non-hydrogen) atoms. The Morgan fingerprint density at radius 3 is 2.50 bits per heavy atom. The molecule has 0 spiro atoms. The predicted octanol–water partition coefficient (Wildman–Crippen LogP) is 5.29. The Morgan fingerprint density at radius 2 is 1.81 bits per heavy atom. The first-order valence-electron chi connectivity index (χ1n) is 9.92. The van der Waals surface area contributed by atoms with Crippen molar-refractivity contribution >= 4 is 21.9 Å². The Balaban J connectivity index is 1.64. The second kappa shape index (κ2) is 9.16. The monoisotopic (exact) mass is 490 g/mol. The lowest BCUT2D eigenvalue weighted by molar-refractivity contribution is 0.0734. The van der Waals surface area contributed by atoms with Crippen LogP contribution in [0.3, 0.4) is 0 Å². The highest BCUT2D eigenvalue weighted by Gasteiger charge is 2.32. The Bertz CT molecular complexity index is 1250. The summed E-state index contributed by atoms with van der Waals surface area (Å²) in [6.45, 7) is 2.44. The quantitative estimate of drug-likeness (QED) is 0.385. The number of benzene rings is 3. The Labute approximate surface area is 194 Å². The number of allylic oxidation sites excluding steroid dienone is 1. The first-order chi connectivity index (χ1) is 15.5. The largest absolute Gasteiger partial charge is 0.494 e. The summed E-state index contributed by atoms with van der Waals surface area (Å²) in [5, 5.41) is 9.70. The summed E-state index contributed by atoms with van der Waals surface area (Å²) < 4.78 is 17.5. The summed E-state index contributed by atoms with van der Waals surface area (Å²) in [6.07, 6.45) is 0. The molecule has 0 radical (unpaired) electrons. The van der Waals surface area contributed by atoms with Crippen LogP contribution in [0.2, 0.25) is 0 Å². The van der Waals surface area contributed by atoms with Crippen molar-refractivity contribution in [3.63, 3.8) is 0 Å². The molecule has 1 unspecified atom stereocenters. The van der Waals surface area contributed by atoms with Gasteiger partial charge in [-0.1, -0.05) is 40.2 Å². The van der Waals surface area contributed by atoms with Crippen LogP contribution in [0.4, 0.5) is 0 Å². The molecule has 0 saturated heterocycles. The van der Waals surface area contributed by atoms with Crippen LogP contribution in [-0.2, 0) is 0 Å². The fraction of sp³-hybridized carbons (Fsp3) is 0.120. The molecule has 0 aromatic heterocycles. The van der Waals surface area contributed by atoms with Gasteiger partial charge in [0.15, 0.2) is 0 Å². The fourth-order valence-electron chi connectivity index (χ4n) is 3.55. The van der Waals surface area contributed by atoms with Gasteiger partial charge in [0.05, 0.1) is 18.1 Å². The van der Waals surface area contributed by atoms with E-state index in [-0.39, 0.29) is 5.88 Å². The average Bonchev–Trinajstić information content (AvgIpc) is 2.79. The molecular weight excluding hydrogens is 472 g/mol. The number of hydrogen-bond acceptors (Lipinski definition) is 6. The van der Waals surface area contributed by atoms with Gasteiger partial charge in [-0.2, -0.15) is 5.26 Å². The lowest BCUT2D eigenvalue weighted by atomic mass is 9.83. The number of nitrogens with two attached hydrogens (primary N) is 1. The third-order valence-corrected chi connectivity index (χ3v) is 5.74. The molecule has 0 saturated carbocycles. The number of hydrogen-bond donors (Lipinski definition) is 1. The van der Waals surface area contributed by atoms with Gasteiger partial charge < -0.3 is 19.9 Å². The number of carbonyl (C=O) groups excluding carboxylic acids is 1. The SMILES string of the molecule is CCOc1ccc(C(=O)Oc2ccc3c(c2)OC(N)=C(C#N)C3c2ccccc2Br)cc1. The van der Waals surface area contributed by atoms with Crippen molar-refractivity contribution in [3.8, 4) is 23.3 Å². The van der Waals surface area contributed by atoms with Gasteiger partial charge in [0.2, 0.25) is 5.88 Å². The van der Waals surface area contributed by atoms with E-state index in [2.05, 4.69) is 22.0 Å². The predicted molar refractivity (Wildman–Crippen MR) is 122 cm³/mol. The summed E-state index contributed by atoms with van der Waals surface area (Å²) in [4.78, 5) is 12.6. The van der Waals surface area contributed by atoms with Crippen LogP contribution < -0.4 is 19.9 Å². The highest BCUT2D eigenvalue weighted by atomic mass is 79.9. The van der Waals surface area contributed by atoms with Gasteiger partial charge in [0.1, 0.15) is 28.9 Å². The van der Waals surface area contributed by atoms with Crippen molar-refractivity contribution in [1.29, 1.82) is 5.26 Å². The van der Waals surface area contributed by atoms with Gasteiger partial charge in [0.25, 0.3) is 0 Å². The van der Waals surface area contributed by atoms with E-state index in [0.717, 1.165) is 15.6 Å². The molecule has 0 fully saturated rings. The summed E-state index contributed by atoms with van der Waals surface area (Å²) in [5.74, 6) is 0.527. The van der Waals surface area contributed by atoms with Crippen molar-refractivity contribution in [1.82, 2.24) is 0 Å². The summed E-state index contributed by atoms with van der Waals surface area (Å²) in [5.41, 5.74) is 8.42. The molecule has 1 heterocycles. The van der Waals surface area contributed by atoms with Crippen LogP contribution in [-0.4, -0.2) is 12.6 Å². The summed E-state index contributed by atoms with van der Waals surface area (Å²) in [6, 6.07) is 21.6. The van der Waals surface area contributed by atoms with Crippen LogP contribution in [0.15, 0.2) is 82.7 Å². The number of nitrogens with zero attached hydrogens (tertiary/aromatic N) is 1. The number of rotatable bonds is 5. The molecule has 4 rings (SSSR count). The maximum absolute atomic E-state index is 12.6. The summed E-state index contributed by atoms with van der Waals surface area (Å²) >= 11 is 3.56. The number of esters is 1. The van der Waals surface area contributed by atoms with Gasteiger partial charge in [-0.3, -0.25) is 0 Å². The van der Waals surface area contributed by atoms with Crippen molar-refractivity contribution in [2.24, 2.45) is 5.73 Å². The van der Waals surface area contributed by atoms with E-state index in [1.54, 1.807) is 42.5 Å². The minimum absolute atomic E-state index is 0.0238. The van der Waals surface area contributed by atoms with Gasteiger partial charge in [-0.25, -0.2) is 4.79 Å². The highest BCUT2D eigenvalue weighted by Crippen LogP contribution is 2.45. The van der Waals surface area contributed by atoms with Gasteiger partial charge in [-0.05, 0) is 48.9 Å². The number of carbonyl (C=O) groups is 1. The van der Waals surface area contributed by atoms with E-state index < -0.39 is 11.9 Å². The minimum Gasteiger partial charge on any atom is -0.494 e. The zero-order valence-electron chi connectivity index (χ0n) is 17.2. The molecule has 7 heteroatoms. The molecule has 0 amide bonds. The van der Waals surface area contributed by atoms with Crippen LogP contribution in [0.25, 0.3) is 0 Å². The molecule has 2 N–H and O–H groups in total. The van der Waals surface area contributed by atoms with Gasteiger partial charge in [0, 0.05) is 16.1 Å². The first kappa shape index (κ1) is 21.5. The maximum Gasteiger partial charge on any atom is 0.343 e. The van der Waals surface area contributed by atoms with Crippen LogP contribution in [0.1, 0.15) is 34.3 Å². The summed E-state index contributed by atoms with van der Waals surface area (Å²) in [7, 11) is 0. The molecule has 3 aromatic rings. The van der Waals surface area contributed by atoms with Crippen molar-refractivity contribution < 1.29 is 19.0 Å². The van der Waals surface area contributed by atoms with Gasteiger partial charge >= 0.3 is 5.97 Å². The number of ether oxygens (including phenoxy) is 3. The molecule has 1 aliphatic heterocycles. The van der Waals surface area contributed by atoms with E-state index in [4.69, 9.17) is 19.9 Å². The van der Waals surface area contributed by atoms with E-state index in [1.165, 1.54) is 0 Å². The standard InChI is InChI=1S/C25H19BrN2O4/c1-2-30-16-9-7-15(8-10-16)25(29)31-17-11-12-19-22(13-17)32-24(28)20(14-27)23(19)18-5-3-4-6-21(18)26/h3-13,23H,2,28H2,1H3. The Kier molecular flexibility index (Phi) is 6.15. The van der Waals surface area contributed by atoms with Crippen LogP contribution in [0.5, 0.6) is 17.2 Å². The molecule has 0 bridgehead atoms. The number of halogens is 1. The lowest BCUT2D eigenvalue weighted by Gasteiger charge is -2.27. The van der Waals surface area contributed by atoms with E-state index in [1.807, 2.05) is 31.2 Å². The zero-order valence-corrected chi connectivity index (χ0v) is 18.8. The molecule has 0 aliphatic carbocycles. The van der Waals surface area contributed by atoms with E-state index >= 15 is 0 Å². The van der Waals surface area contributed by atoms with E-state index in [0.29, 0.717) is 35.0 Å². The second-order valence-corrected chi connectivity index (χ2v) is 7.85. The Hall–Kier alpha value is -3.76. The minimum atomic E-state index is -0.507. The average molecular weight is 491 g/mol. The number of nitriles is 1. The van der Waals surface area contributed by atoms with Crippen LogP contribution in [0, 0.1) is 11.3 Å². The van der Waals surface area contributed by atoms with Crippen LogP contribution >= 0.6 is 15.9 Å². The molecule has 1 atom stereocenters. The first-order valence-corrected chi connectivity index (χ1v) is 10.7. The topological polar surface area (TPSA) is 94.6 Å². The molecule has 160 valence electrons. The van der Waals surface area contributed by atoms with Crippen molar-refractivity contribution in [3.05, 3.63) is 99.3 Å². The second-order valence-electron chi connectivity index (χ2n) is 6.99. The molecule has 6 nitrogen and oxygen atoms in total. The fourth-order valence-corrected chi connectivity index (χ4v) is 4.06. The molecular formula is C25H19BrN2O4. The van der Waals surface area contributed by atoms with Crippen molar-refractivity contribution in [2.45, 2.75) is 12.8 Å². The number of fused-ring (bicyclic) bond motifs is 1. The van der Waals surface area contributed by atoms with Gasteiger partial charge in [-0.15, -0.1) is 0 Å². The molecule has 1 aliphatic rings. The van der Waals surface area contributed by atoms with E-state index in [9.17, 15) is 10.1 Å². The Morgan fingerprint density at radius 1 is 1.09 bits per heavy atom. The third kappa shape index (κ3) is 4.18. The molecule has 3 aromatic carbocycles.